The highest BCUT2D eigenvalue weighted by atomic mass is 19.4. The van der Waals surface area contributed by atoms with E-state index in [1.165, 1.54) is 12.3 Å². The Morgan fingerprint density at radius 3 is 2.51 bits per heavy atom. The first-order valence-corrected chi connectivity index (χ1v) is 16.3. The molecule has 0 aromatic carbocycles. The Kier molecular flexibility index (Phi) is 11.0. The molecule has 0 aliphatic heterocycles. The minimum Gasteiger partial charge on any atom is -0.481 e. The quantitative estimate of drug-likeness (QED) is 0.126. The predicted octanol–water partition coefficient (Wildman–Crippen LogP) is 6.53. The average Bonchev–Trinajstić information content (AvgIpc) is 3.69. The predicted molar refractivity (Wildman–Crippen MR) is 177 cm³/mol. The fourth-order valence-electron chi connectivity index (χ4n) is 6.20. The SMILES string of the molecule is CCOCC1(CN(C)c2cc(-c3cc(OCC)nc(C(F)(F)F)c3)nc3nc(NC(=O)c4ccc(CCCC(=O)O)cn4)[nH]c23)CCCC1. The molecule has 1 amide bonds. The number of carbonyl (C=O) groups is 2. The number of aliphatic carboxylic acids is 1. The highest BCUT2D eigenvalue weighted by Crippen LogP contribution is 2.41. The second kappa shape index (κ2) is 15.2. The van der Waals surface area contributed by atoms with Gasteiger partial charge < -0.3 is 24.5 Å². The minimum absolute atomic E-state index is 0.0348. The number of carboxylic acids is 1. The van der Waals surface area contributed by atoms with E-state index in [1.54, 1.807) is 25.1 Å². The zero-order valence-electron chi connectivity index (χ0n) is 27.7. The van der Waals surface area contributed by atoms with Crippen molar-refractivity contribution in [2.45, 2.75) is 65.0 Å². The van der Waals surface area contributed by atoms with Gasteiger partial charge in [0.25, 0.3) is 5.91 Å². The Morgan fingerprint density at radius 2 is 1.86 bits per heavy atom. The van der Waals surface area contributed by atoms with Crippen LogP contribution in [0.5, 0.6) is 5.88 Å². The molecule has 15 heteroatoms. The third-order valence-corrected chi connectivity index (χ3v) is 8.53. The Morgan fingerprint density at radius 1 is 1.08 bits per heavy atom. The number of pyridine rings is 3. The Hall–Kier alpha value is -4.79. The molecule has 0 unspecified atom stereocenters. The van der Waals surface area contributed by atoms with Gasteiger partial charge in [-0.1, -0.05) is 18.9 Å². The standard InChI is InChI=1S/C34H40F3N7O5/c1-4-48-20-33(13-6-7-14-33)19-44(3)25-17-24(22-15-26(34(35,36)37)40-27(16-22)49-5-2)39-30-29(25)41-32(42-30)43-31(47)23-12-11-21(18-38-23)9-8-10-28(45)46/h11-12,15-18H,4-10,13-14,19-20H2,1-3H3,(H,45,46)(H2,39,41,42,43,47). The Labute approximate surface area is 281 Å². The van der Waals surface area contributed by atoms with Crippen molar-refractivity contribution in [1.82, 2.24) is 24.9 Å². The summed E-state index contributed by atoms with van der Waals surface area (Å²) >= 11 is 0. The highest BCUT2D eigenvalue weighted by molar-refractivity contribution is 6.03. The first kappa shape index (κ1) is 35.5. The van der Waals surface area contributed by atoms with Crippen LogP contribution in [0.2, 0.25) is 0 Å². The highest BCUT2D eigenvalue weighted by Gasteiger charge is 2.36. The fraction of sp³-hybridized carbons (Fsp3) is 0.471. The van der Waals surface area contributed by atoms with E-state index in [9.17, 15) is 22.8 Å². The van der Waals surface area contributed by atoms with Crippen molar-refractivity contribution in [3.63, 3.8) is 0 Å². The van der Waals surface area contributed by atoms with Crippen molar-refractivity contribution in [1.29, 1.82) is 0 Å². The van der Waals surface area contributed by atoms with Crippen LogP contribution >= 0.6 is 0 Å². The number of H-pyrrole nitrogens is 1. The second-order valence-corrected chi connectivity index (χ2v) is 12.3. The van der Waals surface area contributed by atoms with E-state index in [0.717, 1.165) is 37.3 Å². The first-order chi connectivity index (χ1) is 23.4. The van der Waals surface area contributed by atoms with E-state index >= 15 is 0 Å². The zero-order valence-corrected chi connectivity index (χ0v) is 27.7. The lowest BCUT2D eigenvalue weighted by Gasteiger charge is -2.34. The third kappa shape index (κ3) is 8.82. The monoisotopic (exact) mass is 683 g/mol. The summed E-state index contributed by atoms with van der Waals surface area (Å²) in [6, 6.07) is 7.30. The van der Waals surface area contributed by atoms with Gasteiger partial charge in [0, 0.05) is 49.9 Å². The largest absolute Gasteiger partial charge is 0.481 e. The number of carboxylic acid groups (broad SMARTS) is 1. The Balaban J connectivity index is 1.51. The average molecular weight is 684 g/mol. The summed E-state index contributed by atoms with van der Waals surface area (Å²) in [6.45, 7) is 5.53. The van der Waals surface area contributed by atoms with Crippen molar-refractivity contribution >= 4 is 34.7 Å². The molecule has 4 aromatic heterocycles. The van der Waals surface area contributed by atoms with Gasteiger partial charge >= 0.3 is 12.1 Å². The van der Waals surface area contributed by atoms with Gasteiger partial charge in [0.1, 0.15) is 16.9 Å². The molecule has 0 saturated heterocycles. The number of carbonyl (C=O) groups excluding carboxylic acids is 1. The van der Waals surface area contributed by atoms with Crippen molar-refractivity contribution in [2.24, 2.45) is 5.41 Å². The lowest BCUT2D eigenvalue weighted by atomic mass is 9.86. The lowest BCUT2D eigenvalue weighted by Crippen LogP contribution is -2.37. The number of imidazole rings is 1. The molecule has 1 aliphatic carbocycles. The van der Waals surface area contributed by atoms with Gasteiger partial charge in [-0.2, -0.15) is 18.2 Å². The fourth-order valence-corrected chi connectivity index (χ4v) is 6.20. The molecule has 5 rings (SSSR count). The molecule has 12 nitrogen and oxygen atoms in total. The van der Waals surface area contributed by atoms with Crippen LogP contribution in [0, 0.1) is 5.41 Å². The van der Waals surface area contributed by atoms with Crippen LogP contribution in [-0.2, 0) is 22.1 Å². The molecular weight excluding hydrogens is 643 g/mol. The molecule has 4 heterocycles. The molecule has 1 fully saturated rings. The molecular formula is C34H40F3N7O5. The van der Waals surface area contributed by atoms with Crippen molar-refractivity contribution in [2.75, 3.05) is 43.6 Å². The van der Waals surface area contributed by atoms with E-state index in [0.29, 0.717) is 43.8 Å². The van der Waals surface area contributed by atoms with E-state index in [4.69, 9.17) is 14.6 Å². The van der Waals surface area contributed by atoms with Crippen LogP contribution in [0.1, 0.15) is 74.1 Å². The number of rotatable bonds is 15. The number of halogens is 3. The summed E-state index contributed by atoms with van der Waals surface area (Å²) in [5, 5.41) is 11.6. The van der Waals surface area contributed by atoms with Crippen LogP contribution in [0.15, 0.2) is 36.5 Å². The van der Waals surface area contributed by atoms with Crippen molar-refractivity contribution in [3.05, 3.63) is 53.5 Å². The number of hydrogen-bond donors (Lipinski definition) is 3. The molecule has 262 valence electrons. The van der Waals surface area contributed by atoms with Gasteiger partial charge in [0.15, 0.2) is 5.65 Å². The van der Waals surface area contributed by atoms with Gasteiger partial charge in [-0.15, -0.1) is 0 Å². The maximum absolute atomic E-state index is 13.9. The molecule has 0 radical (unpaired) electrons. The smallest absolute Gasteiger partial charge is 0.433 e. The van der Waals surface area contributed by atoms with Gasteiger partial charge in [-0.05, 0) is 63.3 Å². The van der Waals surface area contributed by atoms with Crippen LogP contribution in [0.3, 0.4) is 0 Å². The third-order valence-electron chi connectivity index (χ3n) is 8.53. The normalized spacial score (nSPS) is 14.2. The summed E-state index contributed by atoms with van der Waals surface area (Å²) in [5.74, 6) is -1.52. The molecule has 1 saturated carbocycles. The number of amides is 1. The molecule has 0 bridgehead atoms. The molecule has 4 aromatic rings. The van der Waals surface area contributed by atoms with Gasteiger partial charge in [0.2, 0.25) is 11.8 Å². The number of alkyl halides is 3. The van der Waals surface area contributed by atoms with Crippen molar-refractivity contribution < 1.29 is 37.3 Å². The summed E-state index contributed by atoms with van der Waals surface area (Å²) in [5.41, 5.74) is 1.37. The molecule has 1 aliphatic rings. The summed E-state index contributed by atoms with van der Waals surface area (Å²) < 4.78 is 52.8. The Bertz CT molecular complexity index is 1770. The lowest BCUT2D eigenvalue weighted by molar-refractivity contribution is -0.141. The maximum Gasteiger partial charge on any atom is 0.433 e. The number of aryl methyl sites for hydroxylation is 1. The summed E-state index contributed by atoms with van der Waals surface area (Å²) in [7, 11) is 1.91. The number of nitrogens with one attached hydrogen (secondary N) is 2. The van der Waals surface area contributed by atoms with E-state index in [2.05, 4.69) is 30.2 Å². The van der Waals surface area contributed by atoms with Gasteiger partial charge in [0.05, 0.1) is 24.6 Å². The molecule has 49 heavy (non-hydrogen) atoms. The number of aromatic amines is 1. The summed E-state index contributed by atoms with van der Waals surface area (Å²) in [4.78, 5) is 46.1. The van der Waals surface area contributed by atoms with Crippen LogP contribution in [0.25, 0.3) is 22.4 Å². The van der Waals surface area contributed by atoms with Crippen molar-refractivity contribution in [3.8, 4) is 17.1 Å². The van der Waals surface area contributed by atoms with Gasteiger partial charge in [-0.25, -0.2) is 9.97 Å². The zero-order chi connectivity index (χ0) is 35.2. The number of fused-ring (bicyclic) bond motifs is 1. The molecule has 0 spiro atoms. The number of aromatic nitrogens is 5. The summed E-state index contributed by atoms with van der Waals surface area (Å²) in [6.07, 6.45) is 1.91. The number of nitrogens with zero attached hydrogens (tertiary/aromatic N) is 5. The number of ether oxygens (including phenoxy) is 2. The topological polar surface area (TPSA) is 155 Å². The van der Waals surface area contributed by atoms with Crippen LogP contribution in [-0.4, -0.2) is 75.3 Å². The van der Waals surface area contributed by atoms with Crippen LogP contribution < -0.4 is 15.0 Å². The molecule has 0 atom stereocenters. The second-order valence-electron chi connectivity index (χ2n) is 12.3. The first-order valence-electron chi connectivity index (χ1n) is 16.3. The van der Waals surface area contributed by atoms with Crippen LogP contribution in [0.4, 0.5) is 24.8 Å². The van der Waals surface area contributed by atoms with E-state index < -0.39 is 23.7 Å². The number of anilines is 2. The molecule has 3 N–H and O–H groups in total. The maximum atomic E-state index is 13.9. The van der Waals surface area contributed by atoms with Gasteiger partial charge in [-0.3, -0.25) is 19.9 Å². The van der Waals surface area contributed by atoms with E-state index in [-0.39, 0.29) is 52.9 Å². The van der Waals surface area contributed by atoms with E-state index in [1.807, 2.05) is 18.9 Å². The minimum atomic E-state index is -4.71. The number of hydrogen-bond acceptors (Lipinski definition) is 9.